The summed E-state index contributed by atoms with van der Waals surface area (Å²) in [5, 5.41) is 7.27. The van der Waals surface area contributed by atoms with Crippen molar-refractivity contribution in [3.05, 3.63) is 24.3 Å². The number of nitrogens with one attached hydrogen (secondary N) is 1. The van der Waals surface area contributed by atoms with Gasteiger partial charge in [0.1, 0.15) is 11.6 Å². The Kier molecular flexibility index (Phi) is 3.83. The average molecular weight is 210 g/mol. The largest absolute Gasteiger partial charge is 0.496 e. The fourth-order valence-corrected chi connectivity index (χ4v) is 1.90. The van der Waals surface area contributed by atoms with Crippen LogP contribution in [0.1, 0.15) is 6.92 Å². The maximum absolute atomic E-state index is 7.29. The summed E-state index contributed by atoms with van der Waals surface area (Å²) < 4.78 is 5.19. The Morgan fingerprint density at radius 2 is 2.14 bits per heavy atom. The molecule has 0 bridgehead atoms. The first-order valence-electron chi connectivity index (χ1n) is 4.28. The lowest BCUT2D eigenvalue weighted by molar-refractivity contribution is 0.405. The third-order valence-corrected chi connectivity index (χ3v) is 3.01. The summed E-state index contributed by atoms with van der Waals surface area (Å²) in [7, 11) is 1.64. The molecule has 0 amide bonds. The van der Waals surface area contributed by atoms with E-state index in [2.05, 4.69) is 0 Å². The first kappa shape index (κ1) is 10.9. The summed E-state index contributed by atoms with van der Waals surface area (Å²) in [6.45, 7) is 1.90. The van der Waals surface area contributed by atoms with Gasteiger partial charge in [-0.25, -0.2) is 0 Å². The van der Waals surface area contributed by atoms with E-state index in [1.807, 2.05) is 31.2 Å². The molecule has 14 heavy (non-hydrogen) atoms. The quantitative estimate of drug-likeness (QED) is 0.454. The van der Waals surface area contributed by atoms with Crippen LogP contribution in [0.5, 0.6) is 5.75 Å². The van der Waals surface area contributed by atoms with Crippen molar-refractivity contribution in [3.8, 4) is 5.75 Å². The van der Waals surface area contributed by atoms with Gasteiger partial charge in [0.05, 0.1) is 17.3 Å². The van der Waals surface area contributed by atoms with Crippen LogP contribution in [-0.2, 0) is 0 Å². The highest BCUT2D eigenvalue weighted by Crippen LogP contribution is 2.31. The molecular formula is C10H14N2OS. The third kappa shape index (κ3) is 2.67. The second-order valence-electron chi connectivity index (χ2n) is 2.87. The number of rotatable bonds is 4. The van der Waals surface area contributed by atoms with Crippen molar-refractivity contribution in [3.63, 3.8) is 0 Å². The zero-order valence-electron chi connectivity index (χ0n) is 8.28. The van der Waals surface area contributed by atoms with E-state index in [-0.39, 0.29) is 11.1 Å². The van der Waals surface area contributed by atoms with Gasteiger partial charge in [-0.1, -0.05) is 12.1 Å². The highest BCUT2D eigenvalue weighted by molar-refractivity contribution is 8.00. The van der Waals surface area contributed by atoms with Gasteiger partial charge in [-0.15, -0.1) is 11.8 Å². The Balaban J connectivity index is 2.80. The van der Waals surface area contributed by atoms with Gasteiger partial charge >= 0.3 is 0 Å². The van der Waals surface area contributed by atoms with Crippen LogP contribution in [0.25, 0.3) is 0 Å². The number of nitrogens with two attached hydrogens (primary N) is 1. The van der Waals surface area contributed by atoms with Crippen LogP contribution < -0.4 is 10.5 Å². The Hall–Kier alpha value is -1.16. The lowest BCUT2D eigenvalue weighted by Crippen LogP contribution is -2.21. The van der Waals surface area contributed by atoms with Crippen molar-refractivity contribution in [1.82, 2.24) is 0 Å². The molecule has 1 aromatic rings. The van der Waals surface area contributed by atoms with Crippen molar-refractivity contribution in [1.29, 1.82) is 5.41 Å². The minimum atomic E-state index is -0.0219. The fourth-order valence-electron chi connectivity index (χ4n) is 0.970. The standard InChI is InChI=1S/C10H14N2OS/c1-7(10(11)12)14-9-6-4-3-5-8(9)13-2/h3-7H,1-2H3,(H3,11,12). The Morgan fingerprint density at radius 1 is 1.50 bits per heavy atom. The SMILES string of the molecule is COc1ccccc1SC(C)C(=N)N. The lowest BCUT2D eigenvalue weighted by Gasteiger charge is -2.11. The van der Waals surface area contributed by atoms with Crippen LogP contribution >= 0.6 is 11.8 Å². The molecule has 0 spiro atoms. The first-order valence-corrected chi connectivity index (χ1v) is 5.16. The predicted molar refractivity (Wildman–Crippen MR) is 60.2 cm³/mol. The van der Waals surface area contributed by atoms with Gasteiger partial charge < -0.3 is 10.5 Å². The van der Waals surface area contributed by atoms with E-state index < -0.39 is 0 Å². The fraction of sp³-hybridized carbons (Fsp3) is 0.300. The average Bonchev–Trinajstić information content (AvgIpc) is 2.18. The molecule has 1 aromatic carbocycles. The van der Waals surface area contributed by atoms with E-state index in [1.165, 1.54) is 11.8 Å². The van der Waals surface area contributed by atoms with Crippen molar-refractivity contribution in [2.75, 3.05) is 7.11 Å². The molecule has 1 atom stereocenters. The molecule has 4 heteroatoms. The lowest BCUT2D eigenvalue weighted by atomic mass is 10.3. The molecule has 3 N–H and O–H groups in total. The monoisotopic (exact) mass is 210 g/mol. The topological polar surface area (TPSA) is 59.1 Å². The number of hydrogen-bond acceptors (Lipinski definition) is 3. The third-order valence-electron chi connectivity index (χ3n) is 1.81. The van der Waals surface area contributed by atoms with Gasteiger partial charge in [-0.3, -0.25) is 5.41 Å². The van der Waals surface area contributed by atoms with E-state index in [1.54, 1.807) is 7.11 Å². The molecule has 76 valence electrons. The van der Waals surface area contributed by atoms with Crippen molar-refractivity contribution >= 4 is 17.6 Å². The molecular weight excluding hydrogens is 196 g/mol. The second kappa shape index (κ2) is 4.91. The summed E-state index contributed by atoms with van der Waals surface area (Å²) in [6, 6.07) is 7.72. The molecule has 0 aromatic heterocycles. The molecule has 0 saturated heterocycles. The molecule has 1 rings (SSSR count). The predicted octanol–water partition coefficient (Wildman–Crippen LogP) is 2.11. The molecule has 0 heterocycles. The second-order valence-corrected chi connectivity index (χ2v) is 4.25. The number of thioether (sulfide) groups is 1. The van der Waals surface area contributed by atoms with Crippen LogP contribution in [0.3, 0.4) is 0 Å². The van der Waals surface area contributed by atoms with E-state index in [4.69, 9.17) is 15.9 Å². The smallest absolute Gasteiger partial charge is 0.132 e. The highest BCUT2D eigenvalue weighted by Gasteiger charge is 2.10. The number of benzene rings is 1. The summed E-state index contributed by atoms with van der Waals surface area (Å²) in [4.78, 5) is 1.01. The maximum atomic E-state index is 7.29. The molecule has 0 saturated carbocycles. The number of amidine groups is 1. The summed E-state index contributed by atoms with van der Waals surface area (Å²) >= 11 is 1.53. The normalized spacial score (nSPS) is 12.1. The Bertz CT molecular complexity index is 328. The summed E-state index contributed by atoms with van der Waals surface area (Å²) in [6.07, 6.45) is 0. The van der Waals surface area contributed by atoms with Gasteiger partial charge in [0, 0.05) is 0 Å². The van der Waals surface area contributed by atoms with Gasteiger partial charge in [0.25, 0.3) is 0 Å². The molecule has 0 aliphatic rings. The van der Waals surface area contributed by atoms with E-state index in [9.17, 15) is 0 Å². The maximum Gasteiger partial charge on any atom is 0.132 e. The molecule has 0 aliphatic carbocycles. The number of methoxy groups -OCH3 is 1. The molecule has 3 nitrogen and oxygen atoms in total. The van der Waals surface area contributed by atoms with Crippen LogP contribution in [-0.4, -0.2) is 18.2 Å². The molecule has 1 unspecified atom stereocenters. The molecule has 0 radical (unpaired) electrons. The van der Waals surface area contributed by atoms with Crippen LogP contribution in [0, 0.1) is 5.41 Å². The van der Waals surface area contributed by atoms with Gasteiger partial charge in [-0.2, -0.15) is 0 Å². The number of hydrogen-bond donors (Lipinski definition) is 2. The van der Waals surface area contributed by atoms with Crippen LogP contribution in [0.4, 0.5) is 0 Å². The Labute approximate surface area is 88.2 Å². The molecule has 0 aliphatic heterocycles. The van der Waals surface area contributed by atoms with Gasteiger partial charge in [0.15, 0.2) is 0 Å². The first-order chi connectivity index (χ1) is 6.65. The van der Waals surface area contributed by atoms with Crippen LogP contribution in [0.15, 0.2) is 29.2 Å². The van der Waals surface area contributed by atoms with Gasteiger partial charge in [0.2, 0.25) is 0 Å². The number of ether oxygens (including phenoxy) is 1. The Morgan fingerprint density at radius 3 is 2.71 bits per heavy atom. The number of para-hydroxylation sites is 1. The zero-order valence-corrected chi connectivity index (χ0v) is 9.10. The summed E-state index contributed by atoms with van der Waals surface area (Å²) in [5.74, 6) is 1.01. The minimum absolute atomic E-state index is 0.0219. The van der Waals surface area contributed by atoms with Crippen molar-refractivity contribution < 1.29 is 4.74 Å². The van der Waals surface area contributed by atoms with E-state index in [0.29, 0.717) is 0 Å². The summed E-state index contributed by atoms with van der Waals surface area (Å²) in [5.41, 5.74) is 5.40. The minimum Gasteiger partial charge on any atom is -0.496 e. The van der Waals surface area contributed by atoms with E-state index in [0.717, 1.165) is 10.6 Å². The van der Waals surface area contributed by atoms with E-state index >= 15 is 0 Å². The van der Waals surface area contributed by atoms with Crippen LogP contribution in [0.2, 0.25) is 0 Å². The van der Waals surface area contributed by atoms with Crippen molar-refractivity contribution in [2.24, 2.45) is 5.73 Å². The highest BCUT2D eigenvalue weighted by atomic mass is 32.2. The van der Waals surface area contributed by atoms with Crippen molar-refractivity contribution in [2.45, 2.75) is 17.1 Å². The zero-order chi connectivity index (χ0) is 10.6. The molecule has 0 fully saturated rings. The van der Waals surface area contributed by atoms with Gasteiger partial charge in [-0.05, 0) is 19.1 Å².